The molecule has 0 saturated carbocycles. The van der Waals surface area contributed by atoms with Crippen LogP contribution in [0.3, 0.4) is 0 Å². The number of benzene rings is 2. The Morgan fingerprint density at radius 1 is 1.08 bits per heavy atom. The first-order chi connectivity index (χ1) is 11.7. The molecular formula is C20H25Cl3N2O. The first-order valence-corrected chi connectivity index (χ1v) is 8.88. The molecule has 2 aromatic rings. The van der Waals surface area contributed by atoms with Gasteiger partial charge in [0.15, 0.2) is 5.78 Å². The minimum absolute atomic E-state index is 0. The third-order valence-corrected chi connectivity index (χ3v) is 4.92. The zero-order chi connectivity index (χ0) is 16.8. The van der Waals surface area contributed by atoms with Gasteiger partial charge < -0.3 is 5.32 Å². The summed E-state index contributed by atoms with van der Waals surface area (Å²) in [5.74, 6) is 0.123. The van der Waals surface area contributed by atoms with Crippen LogP contribution in [0.2, 0.25) is 5.02 Å². The third-order valence-electron chi connectivity index (χ3n) is 4.59. The van der Waals surface area contributed by atoms with E-state index in [1.54, 1.807) is 6.07 Å². The fraction of sp³-hybridized carbons (Fsp3) is 0.350. The van der Waals surface area contributed by atoms with Crippen LogP contribution in [-0.4, -0.2) is 42.9 Å². The van der Waals surface area contributed by atoms with Gasteiger partial charge in [-0.25, -0.2) is 0 Å². The molecule has 1 unspecified atom stereocenters. The first-order valence-electron chi connectivity index (χ1n) is 8.50. The molecule has 0 bridgehead atoms. The second kappa shape index (κ2) is 11.6. The quantitative estimate of drug-likeness (QED) is 0.715. The summed E-state index contributed by atoms with van der Waals surface area (Å²) in [6.45, 7) is 3.71. The fourth-order valence-electron chi connectivity index (χ4n) is 3.25. The van der Waals surface area contributed by atoms with E-state index in [1.807, 2.05) is 24.3 Å². The van der Waals surface area contributed by atoms with Gasteiger partial charge in [-0.05, 0) is 24.1 Å². The Balaban J connectivity index is 0.00000169. The first kappa shape index (κ1) is 22.9. The number of halogens is 3. The number of hydrogen-bond acceptors (Lipinski definition) is 3. The Kier molecular flexibility index (Phi) is 10.2. The SMILES string of the molecule is Cl.Cl.O=C(CCN1CCNCC1Cc1ccccc1)c1ccccc1Cl. The summed E-state index contributed by atoms with van der Waals surface area (Å²) in [7, 11) is 0. The van der Waals surface area contributed by atoms with E-state index in [-0.39, 0.29) is 30.6 Å². The Morgan fingerprint density at radius 3 is 2.50 bits per heavy atom. The second-order valence-corrected chi connectivity index (χ2v) is 6.64. The highest BCUT2D eigenvalue weighted by molar-refractivity contribution is 6.33. The maximum atomic E-state index is 12.4. The summed E-state index contributed by atoms with van der Waals surface area (Å²) < 4.78 is 0. The van der Waals surface area contributed by atoms with E-state index in [4.69, 9.17) is 11.6 Å². The van der Waals surface area contributed by atoms with Crippen LogP contribution in [0.5, 0.6) is 0 Å². The maximum Gasteiger partial charge on any atom is 0.165 e. The average molecular weight is 416 g/mol. The molecule has 1 heterocycles. The number of ketones is 1. The van der Waals surface area contributed by atoms with E-state index in [9.17, 15) is 4.79 Å². The largest absolute Gasteiger partial charge is 0.314 e. The standard InChI is InChI=1S/C20H23ClN2O.2ClH/c21-19-9-5-4-8-18(19)20(24)10-12-23-13-11-22-15-17(23)14-16-6-2-1-3-7-16;;/h1-9,17,22H,10-15H2;2*1H. The molecule has 1 N–H and O–H groups in total. The maximum absolute atomic E-state index is 12.4. The molecule has 0 spiro atoms. The van der Waals surface area contributed by atoms with Gasteiger partial charge in [0.25, 0.3) is 0 Å². The van der Waals surface area contributed by atoms with Crippen molar-refractivity contribution in [3.63, 3.8) is 0 Å². The van der Waals surface area contributed by atoms with Gasteiger partial charge in [0.1, 0.15) is 0 Å². The molecule has 1 atom stereocenters. The molecule has 0 radical (unpaired) electrons. The smallest absolute Gasteiger partial charge is 0.165 e. The van der Waals surface area contributed by atoms with Crippen LogP contribution in [0.1, 0.15) is 22.3 Å². The molecule has 0 amide bonds. The van der Waals surface area contributed by atoms with Crippen molar-refractivity contribution in [2.24, 2.45) is 0 Å². The number of piperazine rings is 1. The highest BCUT2D eigenvalue weighted by Crippen LogP contribution is 2.18. The van der Waals surface area contributed by atoms with E-state index in [2.05, 4.69) is 34.5 Å². The molecular weight excluding hydrogens is 391 g/mol. The molecule has 142 valence electrons. The molecule has 0 aromatic heterocycles. The normalized spacial score (nSPS) is 17.0. The predicted molar refractivity (Wildman–Crippen MR) is 113 cm³/mol. The second-order valence-electron chi connectivity index (χ2n) is 6.24. The lowest BCUT2D eigenvalue weighted by molar-refractivity contribution is 0.0935. The van der Waals surface area contributed by atoms with Crippen LogP contribution < -0.4 is 5.32 Å². The monoisotopic (exact) mass is 414 g/mol. The number of carbonyl (C=O) groups is 1. The van der Waals surface area contributed by atoms with Crippen LogP contribution in [0.15, 0.2) is 54.6 Å². The van der Waals surface area contributed by atoms with Crippen molar-refractivity contribution in [2.45, 2.75) is 18.9 Å². The lowest BCUT2D eigenvalue weighted by Crippen LogP contribution is -2.52. The van der Waals surface area contributed by atoms with Crippen LogP contribution >= 0.6 is 36.4 Å². The van der Waals surface area contributed by atoms with E-state index < -0.39 is 0 Å². The lowest BCUT2D eigenvalue weighted by atomic mass is 10.0. The van der Waals surface area contributed by atoms with E-state index in [0.717, 1.165) is 32.6 Å². The van der Waals surface area contributed by atoms with Gasteiger partial charge in [-0.15, -0.1) is 24.8 Å². The molecule has 3 rings (SSSR count). The Bertz CT molecular complexity index is 682. The summed E-state index contributed by atoms with van der Waals surface area (Å²) in [5, 5.41) is 4.01. The number of nitrogens with zero attached hydrogens (tertiary/aromatic N) is 1. The van der Waals surface area contributed by atoms with Gasteiger partial charge in [-0.2, -0.15) is 0 Å². The molecule has 1 fully saturated rings. The summed E-state index contributed by atoms with van der Waals surface area (Å²) >= 11 is 6.13. The molecule has 2 aromatic carbocycles. The number of hydrogen-bond donors (Lipinski definition) is 1. The van der Waals surface area contributed by atoms with Gasteiger partial charge in [0.05, 0.1) is 5.02 Å². The number of rotatable bonds is 6. The highest BCUT2D eigenvalue weighted by Gasteiger charge is 2.23. The predicted octanol–water partition coefficient (Wildman–Crippen LogP) is 4.27. The van der Waals surface area contributed by atoms with Crippen LogP contribution in [0.25, 0.3) is 0 Å². The van der Waals surface area contributed by atoms with Crippen molar-refractivity contribution < 1.29 is 4.79 Å². The average Bonchev–Trinajstić information content (AvgIpc) is 2.62. The van der Waals surface area contributed by atoms with Crippen molar-refractivity contribution in [2.75, 3.05) is 26.2 Å². The molecule has 0 aliphatic carbocycles. The van der Waals surface area contributed by atoms with Gasteiger partial charge in [-0.1, -0.05) is 54.1 Å². The summed E-state index contributed by atoms with van der Waals surface area (Å²) in [6.07, 6.45) is 1.52. The fourth-order valence-corrected chi connectivity index (χ4v) is 3.49. The third kappa shape index (κ3) is 6.26. The lowest BCUT2D eigenvalue weighted by Gasteiger charge is -2.36. The summed E-state index contributed by atoms with van der Waals surface area (Å²) in [4.78, 5) is 14.9. The number of Topliss-reactive ketones (excluding diaryl/α,β-unsaturated/α-hetero) is 1. The van der Waals surface area contributed by atoms with E-state index >= 15 is 0 Å². The van der Waals surface area contributed by atoms with Crippen molar-refractivity contribution in [1.29, 1.82) is 0 Å². The summed E-state index contributed by atoms with van der Waals surface area (Å²) in [5.41, 5.74) is 1.97. The molecule has 6 heteroatoms. The molecule has 26 heavy (non-hydrogen) atoms. The van der Waals surface area contributed by atoms with Crippen molar-refractivity contribution in [3.05, 3.63) is 70.7 Å². The van der Waals surface area contributed by atoms with Crippen LogP contribution in [-0.2, 0) is 6.42 Å². The van der Waals surface area contributed by atoms with Crippen molar-refractivity contribution in [1.82, 2.24) is 10.2 Å². The highest BCUT2D eigenvalue weighted by atomic mass is 35.5. The zero-order valence-electron chi connectivity index (χ0n) is 14.6. The minimum Gasteiger partial charge on any atom is -0.314 e. The minimum atomic E-state index is 0. The van der Waals surface area contributed by atoms with Gasteiger partial charge in [0, 0.05) is 44.2 Å². The number of carbonyl (C=O) groups excluding carboxylic acids is 1. The summed E-state index contributed by atoms with van der Waals surface area (Å²) in [6, 6.07) is 18.3. The van der Waals surface area contributed by atoms with Gasteiger partial charge in [-0.3, -0.25) is 9.69 Å². The van der Waals surface area contributed by atoms with Crippen LogP contribution in [0.4, 0.5) is 0 Å². The molecule has 1 saturated heterocycles. The Morgan fingerprint density at radius 2 is 1.77 bits per heavy atom. The van der Waals surface area contributed by atoms with E-state index in [1.165, 1.54) is 5.56 Å². The number of nitrogens with one attached hydrogen (secondary N) is 1. The van der Waals surface area contributed by atoms with Crippen molar-refractivity contribution >= 4 is 42.2 Å². The van der Waals surface area contributed by atoms with E-state index in [0.29, 0.717) is 23.0 Å². The van der Waals surface area contributed by atoms with Crippen LogP contribution in [0, 0.1) is 0 Å². The molecule has 1 aliphatic heterocycles. The zero-order valence-corrected chi connectivity index (χ0v) is 17.0. The molecule has 3 nitrogen and oxygen atoms in total. The van der Waals surface area contributed by atoms with Gasteiger partial charge in [0.2, 0.25) is 0 Å². The topological polar surface area (TPSA) is 32.3 Å². The molecule has 1 aliphatic rings. The Hall–Kier alpha value is -1.10. The Labute approximate surface area is 172 Å². The van der Waals surface area contributed by atoms with Crippen molar-refractivity contribution in [3.8, 4) is 0 Å². The van der Waals surface area contributed by atoms with Gasteiger partial charge >= 0.3 is 0 Å².